The lowest BCUT2D eigenvalue weighted by atomic mass is 10.2. The van der Waals surface area contributed by atoms with Gasteiger partial charge in [-0.2, -0.15) is 13.2 Å². The molecule has 0 unspecified atom stereocenters. The second kappa shape index (κ2) is 8.75. The molecule has 1 atom stereocenters. The maximum absolute atomic E-state index is 12.7. The molecule has 29 heavy (non-hydrogen) atoms. The summed E-state index contributed by atoms with van der Waals surface area (Å²) in [5, 5.41) is 17.8. The van der Waals surface area contributed by atoms with Crippen LogP contribution in [0.5, 0.6) is 11.5 Å². The summed E-state index contributed by atoms with van der Waals surface area (Å²) in [4.78, 5) is 0. The molecule has 0 radical (unpaired) electrons. The number of thioether (sulfide) groups is 1. The third kappa shape index (κ3) is 4.83. The van der Waals surface area contributed by atoms with E-state index in [-0.39, 0.29) is 5.16 Å². The van der Waals surface area contributed by atoms with Crippen LogP contribution >= 0.6 is 11.8 Å². The van der Waals surface area contributed by atoms with Gasteiger partial charge in [-0.15, -0.1) is 10.2 Å². The standard InChI is InChI=1S/C19H18F3N3O3S/c1-27-14-8-6-12(7-9-14)17-23-24-18(29-11-16(26)19(20,21)22)25(17)13-4-3-5-15(10-13)28-2/h3-10,16,26H,11H2,1-2H3/t16-/m0/s1. The second-order valence-electron chi connectivity index (χ2n) is 5.94. The largest absolute Gasteiger partial charge is 0.497 e. The number of halogens is 3. The van der Waals surface area contributed by atoms with Gasteiger partial charge in [0.2, 0.25) is 0 Å². The van der Waals surface area contributed by atoms with Crippen molar-refractivity contribution in [1.82, 2.24) is 14.8 Å². The van der Waals surface area contributed by atoms with Gasteiger partial charge in [-0.1, -0.05) is 17.8 Å². The molecule has 0 fully saturated rings. The third-order valence-electron chi connectivity index (χ3n) is 4.04. The molecule has 0 aliphatic heterocycles. The van der Waals surface area contributed by atoms with Gasteiger partial charge in [-0.25, -0.2) is 0 Å². The van der Waals surface area contributed by atoms with Gasteiger partial charge in [0.05, 0.1) is 19.9 Å². The van der Waals surface area contributed by atoms with Crippen LogP contribution in [0.25, 0.3) is 17.1 Å². The summed E-state index contributed by atoms with van der Waals surface area (Å²) in [5.41, 5.74) is 1.31. The summed E-state index contributed by atoms with van der Waals surface area (Å²) in [5.74, 6) is 1.06. The van der Waals surface area contributed by atoms with E-state index in [2.05, 4.69) is 10.2 Å². The number of rotatable bonds is 7. The molecular weight excluding hydrogens is 407 g/mol. The Morgan fingerprint density at radius 2 is 1.72 bits per heavy atom. The highest BCUT2D eigenvalue weighted by atomic mass is 32.2. The highest BCUT2D eigenvalue weighted by molar-refractivity contribution is 7.99. The van der Waals surface area contributed by atoms with Gasteiger partial charge in [0, 0.05) is 17.4 Å². The van der Waals surface area contributed by atoms with Crippen molar-refractivity contribution in [3.05, 3.63) is 48.5 Å². The van der Waals surface area contributed by atoms with E-state index in [1.807, 2.05) is 0 Å². The molecule has 1 aromatic heterocycles. The summed E-state index contributed by atoms with van der Waals surface area (Å²) in [6.45, 7) is 0. The van der Waals surface area contributed by atoms with E-state index in [0.29, 0.717) is 28.6 Å². The number of nitrogens with zero attached hydrogens (tertiary/aromatic N) is 3. The molecule has 0 saturated heterocycles. The van der Waals surface area contributed by atoms with Crippen LogP contribution in [-0.2, 0) is 0 Å². The summed E-state index contributed by atoms with van der Waals surface area (Å²) in [6, 6.07) is 14.0. The van der Waals surface area contributed by atoms with Crippen LogP contribution in [0.4, 0.5) is 13.2 Å². The number of ether oxygens (including phenoxy) is 2. The topological polar surface area (TPSA) is 69.4 Å². The molecule has 2 aromatic carbocycles. The maximum Gasteiger partial charge on any atom is 0.415 e. The van der Waals surface area contributed by atoms with Gasteiger partial charge in [0.1, 0.15) is 11.5 Å². The molecule has 3 rings (SSSR count). The monoisotopic (exact) mass is 425 g/mol. The number of methoxy groups -OCH3 is 2. The molecule has 6 nitrogen and oxygen atoms in total. The highest BCUT2D eigenvalue weighted by Crippen LogP contribution is 2.32. The first-order valence-electron chi connectivity index (χ1n) is 8.45. The van der Waals surface area contributed by atoms with Gasteiger partial charge >= 0.3 is 6.18 Å². The lowest BCUT2D eigenvalue weighted by Crippen LogP contribution is -2.30. The number of aromatic nitrogens is 3. The van der Waals surface area contributed by atoms with Crippen molar-refractivity contribution < 1.29 is 27.8 Å². The first-order chi connectivity index (χ1) is 13.8. The van der Waals surface area contributed by atoms with Gasteiger partial charge in [0.25, 0.3) is 0 Å². The summed E-state index contributed by atoms with van der Waals surface area (Å²) in [7, 11) is 3.07. The fourth-order valence-electron chi connectivity index (χ4n) is 2.52. The SMILES string of the molecule is COc1ccc(-c2nnc(SC[C@H](O)C(F)(F)F)n2-c2cccc(OC)c2)cc1. The molecule has 10 heteroatoms. The Morgan fingerprint density at radius 1 is 1.03 bits per heavy atom. The zero-order valence-corrected chi connectivity index (χ0v) is 16.4. The minimum atomic E-state index is -4.70. The molecule has 0 aliphatic carbocycles. The summed E-state index contributed by atoms with van der Waals surface area (Å²) < 4.78 is 50.1. The van der Waals surface area contributed by atoms with E-state index in [0.717, 1.165) is 11.8 Å². The lowest BCUT2D eigenvalue weighted by Gasteiger charge is -2.15. The molecule has 0 bridgehead atoms. The minimum Gasteiger partial charge on any atom is -0.497 e. The van der Waals surface area contributed by atoms with Crippen molar-refractivity contribution in [1.29, 1.82) is 0 Å². The molecular formula is C19H18F3N3O3S. The number of aliphatic hydroxyl groups is 1. The molecule has 0 aliphatic rings. The Kier molecular flexibility index (Phi) is 6.33. The molecule has 1 heterocycles. The van der Waals surface area contributed by atoms with E-state index in [4.69, 9.17) is 9.47 Å². The summed E-state index contributed by atoms with van der Waals surface area (Å²) in [6.07, 6.45) is -7.17. The number of aliphatic hydroxyl groups excluding tert-OH is 1. The first-order valence-corrected chi connectivity index (χ1v) is 9.44. The maximum atomic E-state index is 12.7. The molecule has 0 spiro atoms. The van der Waals surface area contributed by atoms with E-state index < -0.39 is 18.0 Å². The van der Waals surface area contributed by atoms with Crippen LogP contribution in [0, 0.1) is 0 Å². The van der Waals surface area contributed by atoms with E-state index in [1.54, 1.807) is 60.2 Å². The van der Waals surface area contributed by atoms with E-state index >= 15 is 0 Å². The Labute approximate surface area is 169 Å². The fraction of sp³-hybridized carbons (Fsp3) is 0.263. The zero-order chi connectivity index (χ0) is 21.0. The van der Waals surface area contributed by atoms with Crippen molar-refractivity contribution >= 4 is 11.8 Å². The van der Waals surface area contributed by atoms with Crippen LogP contribution in [0.1, 0.15) is 0 Å². The highest BCUT2D eigenvalue weighted by Gasteiger charge is 2.38. The van der Waals surface area contributed by atoms with E-state index in [9.17, 15) is 18.3 Å². The van der Waals surface area contributed by atoms with Crippen molar-refractivity contribution in [3.8, 4) is 28.6 Å². The van der Waals surface area contributed by atoms with Crippen LogP contribution in [0.2, 0.25) is 0 Å². The minimum absolute atomic E-state index is 0.215. The zero-order valence-electron chi connectivity index (χ0n) is 15.6. The van der Waals surface area contributed by atoms with Gasteiger partial charge in [-0.3, -0.25) is 4.57 Å². The Balaban J connectivity index is 2.03. The van der Waals surface area contributed by atoms with Gasteiger partial charge in [-0.05, 0) is 36.4 Å². The third-order valence-corrected chi connectivity index (χ3v) is 5.05. The average Bonchev–Trinajstić information content (AvgIpc) is 3.15. The Bertz CT molecular complexity index is 961. The first kappa shape index (κ1) is 21.0. The quantitative estimate of drug-likeness (QED) is 0.578. The van der Waals surface area contributed by atoms with Crippen LogP contribution < -0.4 is 9.47 Å². The molecule has 3 aromatic rings. The van der Waals surface area contributed by atoms with Crippen molar-refractivity contribution in [2.24, 2.45) is 0 Å². The molecule has 0 amide bonds. The molecule has 0 saturated carbocycles. The smallest absolute Gasteiger partial charge is 0.415 e. The van der Waals surface area contributed by atoms with Crippen LogP contribution in [0.15, 0.2) is 53.7 Å². The predicted octanol–water partition coefficient (Wildman–Crippen LogP) is 3.97. The number of benzene rings is 2. The number of hydrogen-bond donors (Lipinski definition) is 1. The number of alkyl halides is 3. The Morgan fingerprint density at radius 3 is 2.34 bits per heavy atom. The fourth-order valence-corrected chi connectivity index (χ4v) is 3.44. The average molecular weight is 425 g/mol. The van der Waals surface area contributed by atoms with E-state index in [1.165, 1.54) is 7.11 Å². The lowest BCUT2D eigenvalue weighted by molar-refractivity contribution is -0.195. The van der Waals surface area contributed by atoms with Crippen molar-refractivity contribution in [2.75, 3.05) is 20.0 Å². The van der Waals surface area contributed by atoms with Crippen LogP contribution in [-0.4, -0.2) is 52.1 Å². The van der Waals surface area contributed by atoms with Gasteiger partial charge < -0.3 is 14.6 Å². The van der Waals surface area contributed by atoms with Crippen molar-refractivity contribution in [2.45, 2.75) is 17.4 Å². The molecule has 154 valence electrons. The Hall–Kier alpha value is -2.72. The molecule has 1 N–H and O–H groups in total. The normalized spacial score (nSPS) is 12.6. The van der Waals surface area contributed by atoms with Crippen molar-refractivity contribution in [3.63, 3.8) is 0 Å². The van der Waals surface area contributed by atoms with Crippen LogP contribution in [0.3, 0.4) is 0 Å². The second-order valence-corrected chi connectivity index (χ2v) is 6.93. The summed E-state index contributed by atoms with van der Waals surface area (Å²) >= 11 is 0.767. The van der Waals surface area contributed by atoms with Gasteiger partial charge in [0.15, 0.2) is 17.1 Å². The number of hydrogen-bond acceptors (Lipinski definition) is 6. The predicted molar refractivity (Wildman–Crippen MR) is 103 cm³/mol.